The van der Waals surface area contributed by atoms with Gasteiger partial charge in [-0.25, -0.2) is 0 Å². The molecule has 2 aromatic rings. The molecule has 0 aliphatic rings. The van der Waals surface area contributed by atoms with E-state index in [2.05, 4.69) is 11.4 Å². The lowest BCUT2D eigenvalue weighted by molar-refractivity contribution is 0.0942. The van der Waals surface area contributed by atoms with Gasteiger partial charge in [0, 0.05) is 18.5 Å². The first-order chi connectivity index (χ1) is 9.26. The van der Waals surface area contributed by atoms with Crippen LogP contribution in [0.3, 0.4) is 0 Å². The maximum atomic E-state index is 9.30. The molecule has 0 fully saturated rings. The Labute approximate surface area is 112 Å². The Morgan fingerprint density at radius 3 is 2.58 bits per heavy atom. The lowest BCUT2D eigenvalue weighted by atomic mass is 10.0. The first-order valence-corrected chi connectivity index (χ1v) is 6.30. The van der Waals surface area contributed by atoms with Crippen molar-refractivity contribution in [1.82, 2.24) is 5.32 Å². The van der Waals surface area contributed by atoms with Crippen molar-refractivity contribution in [3.8, 4) is 5.75 Å². The van der Waals surface area contributed by atoms with Crippen molar-refractivity contribution in [2.45, 2.75) is 12.6 Å². The highest BCUT2D eigenvalue weighted by molar-refractivity contribution is 5.91. The van der Waals surface area contributed by atoms with Gasteiger partial charge in [-0.2, -0.15) is 0 Å². The van der Waals surface area contributed by atoms with Gasteiger partial charge in [0.05, 0.1) is 19.8 Å². The summed E-state index contributed by atoms with van der Waals surface area (Å²) in [6.07, 6.45) is -0.718. The minimum Gasteiger partial charge on any atom is -0.496 e. The van der Waals surface area contributed by atoms with E-state index in [9.17, 15) is 5.11 Å². The number of methoxy groups -OCH3 is 1. The van der Waals surface area contributed by atoms with Gasteiger partial charge in [0.1, 0.15) is 5.75 Å². The first-order valence-electron chi connectivity index (χ1n) is 6.30. The summed E-state index contributed by atoms with van der Waals surface area (Å²) >= 11 is 0. The molecule has 2 rings (SSSR count). The molecule has 0 bridgehead atoms. The molecule has 3 N–H and O–H groups in total. The fourth-order valence-electron chi connectivity index (χ4n) is 2.10. The third-order valence-corrected chi connectivity index (χ3v) is 3.10. The zero-order chi connectivity index (χ0) is 13.7. The Morgan fingerprint density at radius 1 is 1.16 bits per heavy atom. The van der Waals surface area contributed by atoms with Gasteiger partial charge in [0.2, 0.25) is 0 Å². The molecule has 4 heteroatoms. The van der Waals surface area contributed by atoms with E-state index < -0.39 is 6.10 Å². The molecule has 0 saturated heterocycles. The van der Waals surface area contributed by atoms with E-state index in [0.29, 0.717) is 13.1 Å². The number of hydrogen-bond acceptors (Lipinski definition) is 4. The Balaban J connectivity index is 2.20. The van der Waals surface area contributed by atoms with Crippen LogP contribution in [-0.4, -0.2) is 36.6 Å². The average Bonchev–Trinajstić information content (AvgIpc) is 2.47. The Kier molecular flexibility index (Phi) is 4.74. The SMILES string of the molecule is COc1ccc(CNCC(O)CO)c2ccccc12. The Bertz CT molecular complexity index is 542. The summed E-state index contributed by atoms with van der Waals surface area (Å²) in [7, 11) is 1.66. The van der Waals surface area contributed by atoms with Gasteiger partial charge in [-0.05, 0) is 17.0 Å². The standard InChI is InChI=1S/C15H19NO3/c1-19-15-7-6-11(8-16-9-12(18)10-17)13-4-2-3-5-14(13)15/h2-7,12,16-18H,8-10H2,1H3. The topological polar surface area (TPSA) is 61.7 Å². The van der Waals surface area contributed by atoms with Crippen LogP contribution in [0.15, 0.2) is 36.4 Å². The van der Waals surface area contributed by atoms with Crippen LogP contribution in [0.1, 0.15) is 5.56 Å². The average molecular weight is 261 g/mol. The number of ether oxygens (including phenoxy) is 1. The molecule has 0 saturated carbocycles. The van der Waals surface area contributed by atoms with Gasteiger partial charge >= 0.3 is 0 Å². The van der Waals surface area contributed by atoms with E-state index in [-0.39, 0.29) is 6.61 Å². The summed E-state index contributed by atoms with van der Waals surface area (Å²) in [4.78, 5) is 0. The van der Waals surface area contributed by atoms with Crippen molar-refractivity contribution < 1.29 is 14.9 Å². The summed E-state index contributed by atoms with van der Waals surface area (Å²) in [6, 6.07) is 12.0. The van der Waals surface area contributed by atoms with Crippen LogP contribution < -0.4 is 10.1 Å². The zero-order valence-corrected chi connectivity index (χ0v) is 11.0. The summed E-state index contributed by atoms with van der Waals surface area (Å²) in [6.45, 7) is 0.786. The number of nitrogens with one attached hydrogen (secondary N) is 1. The maximum Gasteiger partial charge on any atom is 0.126 e. The first kappa shape index (κ1) is 13.8. The fraction of sp³-hybridized carbons (Fsp3) is 0.333. The van der Waals surface area contributed by atoms with E-state index in [1.54, 1.807) is 7.11 Å². The highest BCUT2D eigenvalue weighted by atomic mass is 16.5. The molecule has 0 aliphatic heterocycles. The second kappa shape index (κ2) is 6.52. The van der Waals surface area contributed by atoms with Crippen LogP contribution in [0.4, 0.5) is 0 Å². The largest absolute Gasteiger partial charge is 0.496 e. The van der Waals surface area contributed by atoms with Crippen LogP contribution in [0.2, 0.25) is 0 Å². The second-order valence-corrected chi connectivity index (χ2v) is 4.44. The number of benzene rings is 2. The number of aliphatic hydroxyl groups is 2. The van der Waals surface area contributed by atoms with Gasteiger partial charge in [-0.3, -0.25) is 0 Å². The van der Waals surface area contributed by atoms with Crippen molar-refractivity contribution in [2.24, 2.45) is 0 Å². The number of fused-ring (bicyclic) bond motifs is 1. The fourth-order valence-corrected chi connectivity index (χ4v) is 2.10. The molecule has 1 atom stereocenters. The number of aliphatic hydroxyl groups excluding tert-OH is 2. The lowest BCUT2D eigenvalue weighted by Gasteiger charge is -2.12. The highest BCUT2D eigenvalue weighted by Gasteiger charge is 2.06. The molecule has 0 radical (unpaired) electrons. The van der Waals surface area contributed by atoms with Crippen LogP contribution in [0.25, 0.3) is 10.8 Å². The van der Waals surface area contributed by atoms with Crippen LogP contribution in [-0.2, 0) is 6.54 Å². The third-order valence-electron chi connectivity index (χ3n) is 3.10. The van der Waals surface area contributed by atoms with Crippen LogP contribution in [0.5, 0.6) is 5.75 Å². The van der Waals surface area contributed by atoms with Gasteiger partial charge < -0.3 is 20.3 Å². The minimum atomic E-state index is -0.718. The molecular weight excluding hydrogens is 242 g/mol. The summed E-state index contributed by atoms with van der Waals surface area (Å²) < 4.78 is 5.35. The summed E-state index contributed by atoms with van der Waals surface area (Å²) in [5.74, 6) is 0.856. The molecule has 0 spiro atoms. The predicted molar refractivity (Wildman–Crippen MR) is 75.3 cm³/mol. The van der Waals surface area contributed by atoms with Crippen molar-refractivity contribution in [3.63, 3.8) is 0 Å². The monoisotopic (exact) mass is 261 g/mol. The normalized spacial score (nSPS) is 12.6. The molecular formula is C15H19NO3. The van der Waals surface area contributed by atoms with Gasteiger partial charge in [-0.15, -0.1) is 0 Å². The van der Waals surface area contributed by atoms with E-state index in [1.807, 2.05) is 30.3 Å². The van der Waals surface area contributed by atoms with Gasteiger partial charge in [0.15, 0.2) is 0 Å². The van der Waals surface area contributed by atoms with Crippen molar-refractivity contribution >= 4 is 10.8 Å². The Morgan fingerprint density at radius 2 is 1.89 bits per heavy atom. The van der Waals surface area contributed by atoms with E-state index >= 15 is 0 Å². The highest BCUT2D eigenvalue weighted by Crippen LogP contribution is 2.28. The van der Waals surface area contributed by atoms with Gasteiger partial charge in [-0.1, -0.05) is 30.3 Å². The predicted octanol–water partition coefficient (Wildman–Crippen LogP) is 1.29. The van der Waals surface area contributed by atoms with E-state index in [1.165, 1.54) is 0 Å². The quantitative estimate of drug-likeness (QED) is 0.733. The summed E-state index contributed by atoms with van der Waals surface area (Å²) in [5.41, 5.74) is 1.14. The smallest absolute Gasteiger partial charge is 0.126 e. The molecule has 0 aromatic heterocycles. The molecule has 1 unspecified atom stereocenters. The summed E-state index contributed by atoms with van der Waals surface area (Å²) in [5, 5.41) is 23.4. The minimum absolute atomic E-state index is 0.226. The maximum absolute atomic E-state index is 9.30. The third kappa shape index (κ3) is 3.23. The Hall–Kier alpha value is -1.62. The molecule has 4 nitrogen and oxygen atoms in total. The van der Waals surface area contributed by atoms with Crippen LogP contribution in [0, 0.1) is 0 Å². The number of rotatable bonds is 6. The molecule has 2 aromatic carbocycles. The molecule has 19 heavy (non-hydrogen) atoms. The van der Waals surface area contributed by atoms with Gasteiger partial charge in [0.25, 0.3) is 0 Å². The van der Waals surface area contributed by atoms with E-state index in [0.717, 1.165) is 22.1 Å². The van der Waals surface area contributed by atoms with E-state index in [4.69, 9.17) is 9.84 Å². The lowest BCUT2D eigenvalue weighted by Crippen LogP contribution is -2.28. The van der Waals surface area contributed by atoms with Crippen molar-refractivity contribution in [2.75, 3.05) is 20.3 Å². The van der Waals surface area contributed by atoms with Crippen molar-refractivity contribution in [3.05, 3.63) is 42.0 Å². The molecule has 0 aliphatic carbocycles. The number of hydrogen-bond donors (Lipinski definition) is 3. The molecule has 0 amide bonds. The molecule has 102 valence electrons. The second-order valence-electron chi connectivity index (χ2n) is 4.44. The van der Waals surface area contributed by atoms with Crippen LogP contribution >= 0.6 is 0 Å². The van der Waals surface area contributed by atoms with Crippen molar-refractivity contribution in [1.29, 1.82) is 0 Å². The molecule has 0 heterocycles. The zero-order valence-electron chi connectivity index (χ0n) is 11.0.